The number of likely N-dealkylation sites (tertiary alicyclic amines) is 1. The molecule has 1 aromatic rings. The van der Waals surface area contributed by atoms with Crippen LogP contribution in [0.15, 0.2) is 30.3 Å². The second-order valence-electron chi connectivity index (χ2n) is 8.93. The Morgan fingerprint density at radius 3 is 2.41 bits per heavy atom. The van der Waals surface area contributed by atoms with Gasteiger partial charge in [0.25, 0.3) is 0 Å². The molecule has 0 saturated carbocycles. The summed E-state index contributed by atoms with van der Waals surface area (Å²) in [7, 11) is 0. The number of carbonyl (C=O) groups is 1. The van der Waals surface area contributed by atoms with Gasteiger partial charge in [0.05, 0.1) is 0 Å². The van der Waals surface area contributed by atoms with E-state index >= 15 is 0 Å². The Kier molecular flexibility index (Phi) is 6.43. The predicted molar refractivity (Wildman–Crippen MR) is 109 cm³/mol. The number of nitrogens with zero attached hydrogens (tertiary/aromatic N) is 3. The van der Waals surface area contributed by atoms with Crippen LogP contribution < -0.4 is 0 Å². The molecule has 2 aliphatic rings. The van der Waals surface area contributed by atoms with Gasteiger partial charge in [0, 0.05) is 38.3 Å². The van der Waals surface area contributed by atoms with E-state index in [1.54, 1.807) is 0 Å². The average molecular weight is 374 g/mol. The highest BCUT2D eigenvalue weighted by Crippen LogP contribution is 2.23. The van der Waals surface area contributed by atoms with E-state index in [0.29, 0.717) is 12.1 Å². The fourth-order valence-electron chi connectivity index (χ4n) is 4.20. The van der Waals surface area contributed by atoms with Gasteiger partial charge in [0.15, 0.2) is 0 Å². The third-order valence-electron chi connectivity index (χ3n) is 5.69. The molecule has 2 fully saturated rings. The summed E-state index contributed by atoms with van der Waals surface area (Å²) in [6.07, 6.45) is 2.39. The molecule has 5 nitrogen and oxygen atoms in total. The van der Waals surface area contributed by atoms with E-state index < -0.39 is 5.60 Å². The molecule has 2 atom stereocenters. The highest BCUT2D eigenvalue weighted by molar-refractivity contribution is 5.68. The van der Waals surface area contributed by atoms with Crippen molar-refractivity contribution in [3.8, 4) is 0 Å². The Morgan fingerprint density at radius 1 is 1.11 bits per heavy atom. The lowest BCUT2D eigenvalue weighted by Crippen LogP contribution is -2.61. The van der Waals surface area contributed by atoms with Crippen molar-refractivity contribution in [3.63, 3.8) is 0 Å². The number of ether oxygens (including phenoxy) is 1. The highest BCUT2D eigenvalue weighted by atomic mass is 16.6. The molecular formula is C22H35N3O2. The van der Waals surface area contributed by atoms with Crippen LogP contribution in [0.25, 0.3) is 0 Å². The molecular weight excluding hydrogens is 338 g/mol. The van der Waals surface area contributed by atoms with Crippen LogP contribution in [-0.2, 0) is 11.3 Å². The molecule has 2 aliphatic heterocycles. The van der Waals surface area contributed by atoms with Gasteiger partial charge >= 0.3 is 6.09 Å². The number of rotatable bonds is 4. The Morgan fingerprint density at radius 2 is 1.78 bits per heavy atom. The Bertz CT molecular complexity index is 608. The second kappa shape index (κ2) is 8.61. The minimum absolute atomic E-state index is 0.180. The van der Waals surface area contributed by atoms with Crippen molar-refractivity contribution in [1.29, 1.82) is 0 Å². The highest BCUT2D eigenvalue weighted by Gasteiger charge is 2.37. The molecule has 5 heteroatoms. The van der Waals surface area contributed by atoms with Crippen LogP contribution >= 0.6 is 0 Å². The lowest BCUT2D eigenvalue weighted by atomic mass is 10.0. The molecule has 0 aromatic heterocycles. The van der Waals surface area contributed by atoms with Crippen LogP contribution in [0.4, 0.5) is 4.79 Å². The Labute approximate surface area is 164 Å². The predicted octanol–water partition coefficient (Wildman–Crippen LogP) is 3.59. The molecule has 0 aliphatic carbocycles. The maximum atomic E-state index is 12.6. The molecule has 3 rings (SSSR count). The first-order valence-corrected chi connectivity index (χ1v) is 10.3. The smallest absolute Gasteiger partial charge is 0.410 e. The molecule has 1 aromatic carbocycles. The van der Waals surface area contributed by atoms with E-state index in [-0.39, 0.29) is 6.09 Å². The summed E-state index contributed by atoms with van der Waals surface area (Å²) in [5.41, 5.74) is 0.885. The number of benzene rings is 1. The third-order valence-corrected chi connectivity index (χ3v) is 5.69. The fourth-order valence-corrected chi connectivity index (χ4v) is 4.20. The van der Waals surface area contributed by atoms with Crippen LogP contribution in [0.3, 0.4) is 0 Å². The molecule has 0 radical (unpaired) electrons. The van der Waals surface area contributed by atoms with Crippen molar-refractivity contribution >= 4 is 6.09 Å². The van der Waals surface area contributed by atoms with Crippen LogP contribution in [0.5, 0.6) is 0 Å². The van der Waals surface area contributed by atoms with Crippen LogP contribution in [-0.4, -0.2) is 71.2 Å². The lowest BCUT2D eigenvalue weighted by Gasteiger charge is -2.46. The zero-order valence-corrected chi connectivity index (χ0v) is 17.4. The van der Waals surface area contributed by atoms with Crippen molar-refractivity contribution in [3.05, 3.63) is 35.9 Å². The first kappa shape index (κ1) is 20.2. The van der Waals surface area contributed by atoms with Gasteiger partial charge in [-0.25, -0.2) is 4.79 Å². The number of carbonyl (C=O) groups excluding carboxylic acids is 1. The van der Waals surface area contributed by atoms with Gasteiger partial charge in [-0.05, 0) is 59.2 Å². The summed E-state index contributed by atoms with van der Waals surface area (Å²) in [5.74, 6) is 0. The summed E-state index contributed by atoms with van der Waals surface area (Å²) >= 11 is 0. The van der Waals surface area contributed by atoms with Crippen LogP contribution in [0.1, 0.15) is 46.1 Å². The van der Waals surface area contributed by atoms with Crippen molar-refractivity contribution in [2.45, 2.75) is 64.8 Å². The summed E-state index contributed by atoms with van der Waals surface area (Å²) in [4.78, 5) is 19.7. The summed E-state index contributed by atoms with van der Waals surface area (Å²) < 4.78 is 5.64. The summed E-state index contributed by atoms with van der Waals surface area (Å²) in [5, 5.41) is 0. The van der Waals surface area contributed by atoms with Gasteiger partial charge in [0.1, 0.15) is 5.60 Å². The molecule has 1 amide bonds. The zero-order valence-electron chi connectivity index (χ0n) is 17.4. The number of hydrogen-bond acceptors (Lipinski definition) is 4. The van der Waals surface area contributed by atoms with Gasteiger partial charge in [-0.1, -0.05) is 30.3 Å². The maximum Gasteiger partial charge on any atom is 0.410 e. The summed E-state index contributed by atoms with van der Waals surface area (Å²) in [6.45, 7) is 13.7. The monoisotopic (exact) mass is 373 g/mol. The van der Waals surface area contributed by atoms with Crippen molar-refractivity contribution in [1.82, 2.24) is 14.7 Å². The van der Waals surface area contributed by atoms with Gasteiger partial charge in [0.2, 0.25) is 0 Å². The van der Waals surface area contributed by atoms with Gasteiger partial charge in [-0.2, -0.15) is 0 Å². The van der Waals surface area contributed by atoms with Crippen molar-refractivity contribution < 1.29 is 9.53 Å². The van der Waals surface area contributed by atoms with E-state index in [9.17, 15) is 4.79 Å². The molecule has 0 unspecified atom stereocenters. The first-order valence-electron chi connectivity index (χ1n) is 10.3. The molecule has 2 heterocycles. The zero-order chi connectivity index (χ0) is 19.4. The Balaban J connectivity index is 1.72. The molecule has 150 valence electrons. The van der Waals surface area contributed by atoms with Gasteiger partial charge in [-0.15, -0.1) is 0 Å². The van der Waals surface area contributed by atoms with E-state index in [1.165, 1.54) is 31.5 Å². The number of piperazine rings is 1. The number of hydrogen-bond donors (Lipinski definition) is 0. The third kappa shape index (κ3) is 5.45. The largest absolute Gasteiger partial charge is 0.444 e. The normalized spacial score (nSPS) is 23.4. The maximum absolute atomic E-state index is 12.6. The summed E-state index contributed by atoms with van der Waals surface area (Å²) in [6, 6.07) is 11.4. The molecule has 0 N–H and O–H groups in total. The molecule has 27 heavy (non-hydrogen) atoms. The fraction of sp³-hybridized carbons (Fsp3) is 0.682. The topological polar surface area (TPSA) is 36.0 Å². The van der Waals surface area contributed by atoms with Gasteiger partial charge in [-0.3, -0.25) is 9.80 Å². The standard InChI is InChI=1S/C22H35N3O2/c1-18(23-12-8-9-13-23)20-17-25(21(26)27-22(2,3)4)15-14-24(20)16-19-10-6-5-7-11-19/h5-7,10-11,18,20H,8-9,12-17H2,1-4H3/t18-,20+/m0/s1. The van der Waals surface area contributed by atoms with Crippen LogP contribution in [0.2, 0.25) is 0 Å². The molecule has 2 saturated heterocycles. The van der Waals surface area contributed by atoms with E-state index in [4.69, 9.17) is 4.74 Å². The molecule has 0 spiro atoms. The average Bonchev–Trinajstić information content (AvgIpc) is 3.15. The minimum Gasteiger partial charge on any atom is -0.444 e. The van der Waals surface area contributed by atoms with E-state index in [1.807, 2.05) is 25.7 Å². The minimum atomic E-state index is -0.450. The SMILES string of the molecule is C[C@@H]([C@H]1CN(C(=O)OC(C)(C)C)CCN1Cc1ccccc1)N1CCCC1. The van der Waals surface area contributed by atoms with Crippen LogP contribution in [0, 0.1) is 0 Å². The Hall–Kier alpha value is -1.59. The molecule has 0 bridgehead atoms. The lowest BCUT2D eigenvalue weighted by molar-refractivity contribution is -0.0114. The quantitative estimate of drug-likeness (QED) is 0.808. The van der Waals surface area contributed by atoms with Crippen molar-refractivity contribution in [2.24, 2.45) is 0 Å². The van der Waals surface area contributed by atoms with Crippen molar-refractivity contribution in [2.75, 3.05) is 32.7 Å². The van der Waals surface area contributed by atoms with E-state index in [2.05, 4.69) is 47.1 Å². The second-order valence-corrected chi connectivity index (χ2v) is 8.93. The van der Waals surface area contributed by atoms with Gasteiger partial charge < -0.3 is 9.64 Å². The first-order chi connectivity index (χ1) is 12.8. The van der Waals surface area contributed by atoms with E-state index in [0.717, 1.165) is 26.2 Å². The number of amides is 1.